The molecule has 0 saturated heterocycles. The summed E-state index contributed by atoms with van der Waals surface area (Å²) in [6.07, 6.45) is 1.55. The lowest BCUT2D eigenvalue weighted by Gasteiger charge is -2.10. The van der Waals surface area contributed by atoms with Crippen molar-refractivity contribution in [1.29, 1.82) is 0 Å². The molecule has 0 radical (unpaired) electrons. The zero-order valence-electron chi connectivity index (χ0n) is 13.1. The molecule has 0 fully saturated rings. The van der Waals surface area contributed by atoms with Gasteiger partial charge >= 0.3 is 0 Å². The molecule has 3 rings (SSSR count). The molecule has 0 bridgehead atoms. The van der Waals surface area contributed by atoms with Crippen LogP contribution in [0.1, 0.15) is 11.1 Å². The molecule has 0 amide bonds. The maximum absolute atomic E-state index is 12.5. The van der Waals surface area contributed by atoms with Crippen LogP contribution in [0.3, 0.4) is 0 Å². The first-order chi connectivity index (χ1) is 12.0. The van der Waals surface area contributed by atoms with E-state index in [-0.39, 0.29) is 16.3 Å². The molecule has 1 unspecified atom stereocenters. The summed E-state index contributed by atoms with van der Waals surface area (Å²) >= 11 is 4.11. The highest BCUT2D eigenvalue weighted by atomic mass is 35.5. The van der Waals surface area contributed by atoms with Gasteiger partial charge in [0.1, 0.15) is 5.02 Å². The van der Waals surface area contributed by atoms with Gasteiger partial charge in [-0.25, -0.2) is 4.68 Å². The molecule has 1 heterocycles. The zero-order chi connectivity index (χ0) is 17.8. The predicted octanol–water partition coefficient (Wildman–Crippen LogP) is 2.99. The van der Waals surface area contributed by atoms with Gasteiger partial charge in [-0.05, 0) is 16.7 Å². The first-order valence-corrected chi connectivity index (χ1v) is 9.11. The fraction of sp³-hybridized carbons (Fsp3) is 0.111. The van der Waals surface area contributed by atoms with Gasteiger partial charge in [0.2, 0.25) is 0 Å². The van der Waals surface area contributed by atoms with Crippen LogP contribution in [0.15, 0.2) is 65.6 Å². The van der Waals surface area contributed by atoms with E-state index in [0.717, 1.165) is 5.56 Å². The van der Waals surface area contributed by atoms with Crippen LogP contribution >= 0.6 is 11.6 Å². The van der Waals surface area contributed by atoms with Crippen LogP contribution < -0.4 is 5.56 Å². The molecule has 0 N–H and O–H groups in total. The third-order valence-corrected chi connectivity index (χ3v) is 4.64. The third-order valence-electron chi connectivity index (χ3n) is 3.71. The van der Waals surface area contributed by atoms with Crippen LogP contribution in [0.25, 0.3) is 11.1 Å². The van der Waals surface area contributed by atoms with Gasteiger partial charge in [-0.1, -0.05) is 77.3 Å². The van der Waals surface area contributed by atoms with E-state index in [9.17, 15) is 13.6 Å². The molecule has 0 aliphatic rings. The van der Waals surface area contributed by atoms with Crippen molar-refractivity contribution in [2.24, 2.45) is 0 Å². The Balaban J connectivity index is 1.90. The van der Waals surface area contributed by atoms with Crippen LogP contribution in [0.5, 0.6) is 0 Å². The van der Waals surface area contributed by atoms with Crippen molar-refractivity contribution in [2.75, 3.05) is 0 Å². The van der Waals surface area contributed by atoms with Gasteiger partial charge in [-0.3, -0.25) is 9.00 Å². The second-order valence-corrected chi connectivity index (χ2v) is 6.74. The van der Waals surface area contributed by atoms with E-state index in [1.807, 2.05) is 30.3 Å². The quantitative estimate of drug-likeness (QED) is 0.644. The predicted molar refractivity (Wildman–Crippen MR) is 97.1 cm³/mol. The van der Waals surface area contributed by atoms with Crippen molar-refractivity contribution in [2.45, 2.75) is 12.3 Å². The van der Waals surface area contributed by atoms with E-state index in [1.165, 1.54) is 4.68 Å². The van der Waals surface area contributed by atoms with Crippen molar-refractivity contribution in [3.8, 4) is 11.1 Å². The van der Waals surface area contributed by atoms with Crippen molar-refractivity contribution in [3.05, 3.63) is 87.3 Å². The van der Waals surface area contributed by atoms with Crippen LogP contribution in [0, 0.1) is 0 Å². The molecule has 3 aromatic rings. The maximum Gasteiger partial charge on any atom is 0.286 e. The summed E-state index contributed by atoms with van der Waals surface area (Å²) in [5.41, 5.74) is 2.48. The first-order valence-electron chi connectivity index (χ1n) is 7.49. The first kappa shape index (κ1) is 17.5. The van der Waals surface area contributed by atoms with Crippen molar-refractivity contribution in [3.63, 3.8) is 0 Å². The highest BCUT2D eigenvalue weighted by Crippen LogP contribution is 2.24. The number of hydrogen-bond acceptors (Lipinski definition) is 4. The summed E-state index contributed by atoms with van der Waals surface area (Å²) in [7, 11) is 0. The average molecular weight is 374 g/mol. The molecule has 0 spiro atoms. The monoisotopic (exact) mass is 373 g/mol. The summed E-state index contributed by atoms with van der Waals surface area (Å²) in [4.78, 5) is 12.5. The van der Waals surface area contributed by atoms with Gasteiger partial charge in [0.25, 0.3) is 5.56 Å². The van der Waals surface area contributed by atoms with E-state index in [4.69, 9.17) is 11.6 Å². The number of hydrogen-bond donors (Lipinski definition) is 0. The Hall–Kier alpha value is -2.28. The van der Waals surface area contributed by atoms with E-state index in [1.54, 1.807) is 30.5 Å². The van der Waals surface area contributed by atoms with Crippen LogP contribution in [-0.2, 0) is 23.4 Å². The molecule has 7 heteroatoms. The van der Waals surface area contributed by atoms with Crippen LogP contribution in [0.4, 0.5) is 0 Å². The molecule has 0 aliphatic heterocycles. The largest absolute Gasteiger partial charge is 0.772 e. The number of aromatic nitrogens is 2. The number of halogens is 1. The summed E-state index contributed by atoms with van der Waals surface area (Å²) in [6.45, 7) is 0.341. The topological polar surface area (TPSA) is 75.0 Å². The van der Waals surface area contributed by atoms with E-state index >= 15 is 0 Å². The summed E-state index contributed by atoms with van der Waals surface area (Å²) in [5.74, 6) is -0.0507. The Morgan fingerprint density at radius 3 is 2.36 bits per heavy atom. The molecule has 25 heavy (non-hydrogen) atoms. The molecule has 5 nitrogen and oxygen atoms in total. The van der Waals surface area contributed by atoms with Gasteiger partial charge in [-0.15, -0.1) is 0 Å². The fourth-order valence-corrected chi connectivity index (χ4v) is 3.17. The number of benzene rings is 2. The van der Waals surface area contributed by atoms with Crippen molar-refractivity contribution >= 4 is 22.7 Å². The van der Waals surface area contributed by atoms with Crippen LogP contribution in [-0.4, -0.2) is 18.5 Å². The summed E-state index contributed by atoms with van der Waals surface area (Å²) < 4.78 is 22.8. The highest BCUT2D eigenvalue weighted by molar-refractivity contribution is 7.78. The van der Waals surface area contributed by atoms with Gasteiger partial charge in [-0.2, -0.15) is 5.10 Å². The van der Waals surface area contributed by atoms with E-state index in [0.29, 0.717) is 23.2 Å². The molecule has 0 saturated carbocycles. The third kappa shape index (κ3) is 4.22. The smallest absolute Gasteiger partial charge is 0.286 e. The lowest BCUT2D eigenvalue weighted by atomic mass is 10.1. The van der Waals surface area contributed by atoms with Crippen molar-refractivity contribution in [1.82, 2.24) is 9.78 Å². The highest BCUT2D eigenvalue weighted by Gasteiger charge is 2.11. The van der Waals surface area contributed by atoms with E-state index in [2.05, 4.69) is 5.10 Å². The Bertz CT molecular complexity index is 956. The van der Waals surface area contributed by atoms with E-state index < -0.39 is 11.1 Å². The molecule has 0 aliphatic carbocycles. The Morgan fingerprint density at radius 2 is 1.72 bits per heavy atom. The Labute approximate surface area is 152 Å². The lowest BCUT2D eigenvalue weighted by Crippen LogP contribution is -2.24. The lowest BCUT2D eigenvalue weighted by molar-refractivity contribution is 0.536. The SMILES string of the molecule is O=c1c(Cl)c(-c2ccc(CS(=O)[O-])cc2)cnn1Cc1ccccc1. The van der Waals surface area contributed by atoms with Crippen molar-refractivity contribution < 1.29 is 8.76 Å². The second-order valence-electron chi connectivity index (χ2n) is 5.47. The number of nitrogens with zero attached hydrogens (tertiary/aromatic N) is 2. The minimum atomic E-state index is -2.14. The van der Waals surface area contributed by atoms with Gasteiger partial charge in [0, 0.05) is 11.3 Å². The standard InChI is InChI=1S/C18H15ClN2O3S/c19-17-16(15-8-6-14(7-9-15)12-25(23)24)10-20-21(18(17)22)11-13-4-2-1-3-5-13/h1-10H,11-12H2,(H,23,24)/p-1. The zero-order valence-corrected chi connectivity index (χ0v) is 14.7. The van der Waals surface area contributed by atoms with Crippen LogP contribution in [0.2, 0.25) is 5.02 Å². The second kappa shape index (κ2) is 7.74. The Morgan fingerprint density at radius 1 is 1.04 bits per heavy atom. The van der Waals surface area contributed by atoms with Gasteiger partial charge in [0.05, 0.1) is 12.7 Å². The molecule has 2 aromatic carbocycles. The average Bonchev–Trinajstić information content (AvgIpc) is 2.61. The molecule has 1 atom stereocenters. The fourth-order valence-electron chi connectivity index (χ4n) is 2.45. The summed E-state index contributed by atoms with van der Waals surface area (Å²) in [5, 5.41) is 4.29. The molecular weight excluding hydrogens is 360 g/mol. The van der Waals surface area contributed by atoms with Gasteiger partial charge < -0.3 is 4.55 Å². The molecule has 1 aromatic heterocycles. The van der Waals surface area contributed by atoms with Gasteiger partial charge in [0.15, 0.2) is 0 Å². The maximum atomic E-state index is 12.5. The minimum Gasteiger partial charge on any atom is -0.772 e. The minimum absolute atomic E-state index is 0.0507. The molecular formula is C18H14ClN2O3S-. The Kier molecular flexibility index (Phi) is 5.43. The normalized spacial score (nSPS) is 12.1. The molecule has 128 valence electrons. The summed E-state index contributed by atoms with van der Waals surface area (Å²) in [6, 6.07) is 16.4. The number of rotatable bonds is 5.